The van der Waals surface area contributed by atoms with E-state index in [4.69, 9.17) is 5.73 Å². The van der Waals surface area contributed by atoms with Gasteiger partial charge in [0.25, 0.3) is 0 Å². The van der Waals surface area contributed by atoms with Crippen LogP contribution in [-0.2, 0) is 6.42 Å². The van der Waals surface area contributed by atoms with Crippen molar-refractivity contribution in [2.75, 3.05) is 19.3 Å². The van der Waals surface area contributed by atoms with Crippen LogP contribution >= 0.6 is 0 Å². The van der Waals surface area contributed by atoms with E-state index in [1.54, 1.807) is 0 Å². The molecule has 78 valence electrons. The molecule has 0 aliphatic rings. The van der Waals surface area contributed by atoms with Crippen molar-refractivity contribution in [3.05, 3.63) is 29.8 Å². The zero-order valence-corrected chi connectivity index (χ0v) is 9.33. The second kappa shape index (κ2) is 5.01. The van der Waals surface area contributed by atoms with Crippen molar-refractivity contribution < 1.29 is 0 Å². The van der Waals surface area contributed by atoms with E-state index in [1.807, 2.05) is 12.1 Å². The van der Waals surface area contributed by atoms with Crippen LogP contribution in [0.5, 0.6) is 0 Å². The number of hydrogen-bond donors (Lipinski definition) is 1. The van der Waals surface area contributed by atoms with E-state index in [9.17, 15) is 0 Å². The van der Waals surface area contributed by atoms with Crippen molar-refractivity contribution in [2.45, 2.75) is 26.3 Å². The van der Waals surface area contributed by atoms with Gasteiger partial charge in [-0.1, -0.05) is 12.1 Å². The third-order valence-corrected chi connectivity index (χ3v) is 2.61. The van der Waals surface area contributed by atoms with E-state index in [-0.39, 0.29) is 0 Å². The zero-order chi connectivity index (χ0) is 10.6. The van der Waals surface area contributed by atoms with Crippen molar-refractivity contribution in [1.29, 1.82) is 0 Å². The van der Waals surface area contributed by atoms with E-state index in [0.29, 0.717) is 6.04 Å². The molecule has 14 heavy (non-hydrogen) atoms. The predicted molar refractivity (Wildman–Crippen MR) is 62.3 cm³/mol. The maximum atomic E-state index is 5.62. The summed E-state index contributed by atoms with van der Waals surface area (Å²) < 4.78 is 0. The van der Waals surface area contributed by atoms with Gasteiger partial charge in [0.15, 0.2) is 0 Å². The molecule has 1 aromatic rings. The van der Waals surface area contributed by atoms with Gasteiger partial charge in [-0.05, 0) is 45.0 Å². The van der Waals surface area contributed by atoms with Crippen molar-refractivity contribution in [3.8, 4) is 0 Å². The van der Waals surface area contributed by atoms with Crippen molar-refractivity contribution in [2.24, 2.45) is 0 Å². The van der Waals surface area contributed by atoms with Gasteiger partial charge in [0.05, 0.1) is 0 Å². The maximum absolute atomic E-state index is 5.62. The summed E-state index contributed by atoms with van der Waals surface area (Å²) in [5.74, 6) is 0. The van der Waals surface area contributed by atoms with Crippen LogP contribution in [-0.4, -0.2) is 24.5 Å². The van der Waals surface area contributed by atoms with Gasteiger partial charge in [-0.25, -0.2) is 0 Å². The van der Waals surface area contributed by atoms with E-state index < -0.39 is 0 Å². The Morgan fingerprint density at radius 3 is 2.29 bits per heavy atom. The summed E-state index contributed by atoms with van der Waals surface area (Å²) in [4.78, 5) is 2.34. The molecule has 0 fully saturated rings. The highest BCUT2D eigenvalue weighted by molar-refractivity contribution is 5.39. The van der Waals surface area contributed by atoms with E-state index >= 15 is 0 Å². The molecule has 2 N–H and O–H groups in total. The molecule has 0 bridgehead atoms. The molecular formula is C12H20N2. The molecule has 0 unspecified atom stereocenters. The predicted octanol–water partition coefficient (Wildman–Crippen LogP) is 2.15. The Morgan fingerprint density at radius 2 is 1.79 bits per heavy atom. The molecule has 0 spiro atoms. The standard InChI is InChI=1S/C12H20N2/c1-10(2)14(3)9-8-11-4-6-12(13)7-5-11/h4-7,10H,8-9,13H2,1-3H3. The Kier molecular flexibility index (Phi) is 3.96. The monoisotopic (exact) mass is 192 g/mol. The van der Waals surface area contributed by atoms with E-state index in [0.717, 1.165) is 18.7 Å². The number of nitrogens with zero attached hydrogens (tertiary/aromatic N) is 1. The van der Waals surface area contributed by atoms with Crippen LogP contribution in [0, 0.1) is 0 Å². The van der Waals surface area contributed by atoms with Crippen LogP contribution in [0.3, 0.4) is 0 Å². The first-order valence-electron chi connectivity index (χ1n) is 5.14. The number of benzene rings is 1. The Labute approximate surface area is 86.7 Å². The largest absolute Gasteiger partial charge is 0.399 e. The first-order chi connectivity index (χ1) is 6.59. The zero-order valence-electron chi connectivity index (χ0n) is 9.33. The third kappa shape index (κ3) is 3.38. The first kappa shape index (κ1) is 11.1. The molecule has 2 heteroatoms. The minimum Gasteiger partial charge on any atom is -0.399 e. The lowest BCUT2D eigenvalue weighted by Crippen LogP contribution is -2.28. The Bertz CT molecular complexity index is 264. The average Bonchev–Trinajstić information content (AvgIpc) is 2.16. The summed E-state index contributed by atoms with van der Waals surface area (Å²) >= 11 is 0. The van der Waals surface area contributed by atoms with Gasteiger partial charge in [-0.2, -0.15) is 0 Å². The van der Waals surface area contributed by atoms with Gasteiger partial charge in [-0.3, -0.25) is 0 Å². The number of hydrogen-bond acceptors (Lipinski definition) is 2. The Balaban J connectivity index is 2.42. The number of rotatable bonds is 4. The number of nitrogens with two attached hydrogens (primary N) is 1. The Morgan fingerprint density at radius 1 is 1.21 bits per heavy atom. The molecule has 0 amide bonds. The summed E-state index contributed by atoms with van der Waals surface area (Å²) in [6, 6.07) is 8.74. The normalized spacial score (nSPS) is 11.2. The Hall–Kier alpha value is -1.02. The highest BCUT2D eigenvalue weighted by Gasteiger charge is 2.02. The summed E-state index contributed by atoms with van der Waals surface area (Å²) in [7, 11) is 2.15. The molecule has 0 heterocycles. The van der Waals surface area contributed by atoms with Gasteiger partial charge in [-0.15, -0.1) is 0 Å². The molecule has 2 nitrogen and oxygen atoms in total. The molecule has 1 aromatic carbocycles. The van der Waals surface area contributed by atoms with Gasteiger partial charge < -0.3 is 10.6 Å². The van der Waals surface area contributed by atoms with Gasteiger partial charge in [0.1, 0.15) is 0 Å². The minimum absolute atomic E-state index is 0.615. The second-order valence-corrected chi connectivity index (χ2v) is 4.07. The van der Waals surface area contributed by atoms with Gasteiger partial charge in [0, 0.05) is 18.3 Å². The molecule has 0 saturated heterocycles. The fourth-order valence-corrected chi connectivity index (χ4v) is 1.25. The average molecular weight is 192 g/mol. The molecule has 0 radical (unpaired) electrons. The maximum Gasteiger partial charge on any atom is 0.0314 e. The topological polar surface area (TPSA) is 29.3 Å². The minimum atomic E-state index is 0.615. The summed E-state index contributed by atoms with van der Waals surface area (Å²) in [5, 5.41) is 0. The summed E-state index contributed by atoms with van der Waals surface area (Å²) in [5.41, 5.74) is 7.81. The molecule has 0 aliphatic carbocycles. The van der Waals surface area contributed by atoms with Crippen LogP contribution in [0.4, 0.5) is 5.69 Å². The first-order valence-corrected chi connectivity index (χ1v) is 5.14. The lowest BCUT2D eigenvalue weighted by atomic mass is 10.1. The lowest BCUT2D eigenvalue weighted by Gasteiger charge is -2.20. The van der Waals surface area contributed by atoms with Crippen molar-refractivity contribution >= 4 is 5.69 Å². The second-order valence-electron chi connectivity index (χ2n) is 4.07. The SMILES string of the molecule is CC(C)N(C)CCc1ccc(N)cc1. The van der Waals surface area contributed by atoms with Crippen LogP contribution < -0.4 is 5.73 Å². The lowest BCUT2D eigenvalue weighted by molar-refractivity contribution is 0.277. The highest BCUT2D eigenvalue weighted by atomic mass is 15.1. The third-order valence-electron chi connectivity index (χ3n) is 2.61. The van der Waals surface area contributed by atoms with Gasteiger partial charge >= 0.3 is 0 Å². The molecule has 0 aliphatic heterocycles. The van der Waals surface area contributed by atoms with Crippen molar-refractivity contribution in [3.63, 3.8) is 0 Å². The molecule has 0 aromatic heterocycles. The van der Waals surface area contributed by atoms with E-state index in [2.05, 4.69) is 37.9 Å². The van der Waals surface area contributed by atoms with Crippen LogP contribution in [0.1, 0.15) is 19.4 Å². The highest BCUT2D eigenvalue weighted by Crippen LogP contribution is 2.07. The number of anilines is 1. The molecular weight excluding hydrogens is 172 g/mol. The van der Waals surface area contributed by atoms with Crippen LogP contribution in [0.15, 0.2) is 24.3 Å². The number of nitrogen functional groups attached to an aromatic ring is 1. The molecule has 1 rings (SSSR count). The molecule has 0 atom stereocenters. The molecule has 0 saturated carbocycles. The van der Waals surface area contributed by atoms with Gasteiger partial charge in [0.2, 0.25) is 0 Å². The number of likely N-dealkylation sites (N-methyl/N-ethyl adjacent to an activating group) is 1. The van der Waals surface area contributed by atoms with Crippen LogP contribution in [0.25, 0.3) is 0 Å². The van der Waals surface area contributed by atoms with Crippen LogP contribution in [0.2, 0.25) is 0 Å². The quantitative estimate of drug-likeness (QED) is 0.741. The van der Waals surface area contributed by atoms with E-state index in [1.165, 1.54) is 5.56 Å². The smallest absolute Gasteiger partial charge is 0.0314 e. The fraction of sp³-hybridized carbons (Fsp3) is 0.500. The fourth-order valence-electron chi connectivity index (χ4n) is 1.25. The van der Waals surface area contributed by atoms with Crippen molar-refractivity contribution in [1.82, 2.24) is 4.90 Å². The summed E-state index contributed by atoms with van der Waals surface area (Å²) in [6.07, 6.45) is 1.09. The summed E-state index contributed by atoms with van der Waals surface area (Å²) in [6.45, 7) is 5.52.